The van der Waals surface area contributed by atoms with Gasteiger partial charge in [0.15, 0.2) is 0 Å². The predicted molar refractivity (Wildman–Crippen MR) is 49.3 cm³/mol. The summed E-state index contributed by atoms with van der Waals surface area (Å²) in [5.74, 6) is -1.20. The summed E-state index contributed by atoms with van der Waals surface area (Å²) >= 11 is 0. The van der Waals surface area contributed by atoms with Crippen LogP contribution in [0.4, 0.5) is 0 Å². The molecule has 0 aromatic carbocycles. The molecule has 1 aromatic heterocycles. The zero-order valence-electron chi connectivity index (χ0n) is 7.94. The molecule has 1 aromatic rings. The maximum atomic E-state index is 11.5. The monoisotopic (exact) mass is 197 g/mol. The summed E-state index contributed by atoms with van der Waals surface area (Å²) in [5, 5.41) is 17.7. The number of nitrogens with zero attached hydrogens (tertiary/aromatic N) is 1. The van der Waals surface area contributed by atoms with Crippen molar-refractivity contribution in [2.45, 2.75) is 13.5 Å². The number of aryl methyl sites for hydroxylation is 1. The largest absolute Gasteiger partial charge is 0.478 e. The first-order chi connectivity index (χ1) is 6.49. The van der Waals surface area contributed by atoms with Crippen LogP contribution in [0, 0.1) is 6.92 Å². The molecule has 0 aliphatic carbocycles. The van der Waals surface area contributed by atoms with Gasteiger partial charge in [-0.2, -0.15) is 0 Å². The van der Waals surface area contributed by atoms with E-state index in [2.05, 4.69) is 0 Å². The highest BCUT2D eigenvalue weighted by Gasteiger charge is 2.15. The van der Waals surface area contributed by atoms with E-state index in [1.807, 2.05) is 0 Å². The number of carboxylic acids is 1. The predicted octanol–water partition coefficient (Wildman–Crippen LogP) is -0.116. The van der Waals surface area contributed by atoms with Crippen LogP contribution in [0.3, 0.4) is 0 Å². The molecule has 0 saturated heterocycles. The molecular weight excluding hydrogens is 186 g/mol. The minimum absolute atomic E-state index is 0.0781. The molecule has 0 bridgehead atoms. The molecular formula is C9H11NO4. The Hall–Kier alpha value is -1.62. The van der Waals surface area contributed by atoms with Crippen molar-refractivity contribution in [3.63, 3.8) is 0 Å². The van der Waals surface area contributed by atoms with E-state index in [9.17, 15) is 9.59 Å². The van der Waals surface area contributed by atoms with Crippen molar-refractivity contribution in [3.05, 3.63) is 33.2 Å². The zero-order valence-corrected chi connectivity index (χ0v) is 7.94. The van der Waals surface area contributed by atoms with Crippen molar-refractivity contribution in [2.24, 2.45) is 7.05 Å². The van der Waals surface area contributed by atoms with Crippen LogP contribution in [0.5, 0.6) is 0 Å². The normalized spacial score (nSPS) is 10.2. The molecule has 1 rings (SSSR count). The zero-order chi connectivity index (χ0) is 10.9. The molecule has 2 N–H and O–H groups in total. The Morgan fingerprint density at radius 2 is 2.14 bits per heavy atom. The minimum Gasteiger partial charge on any atom is -0.478 e. The Kier molecular flexibility index (Phi) is 2.71. The van der Waals surface area contributed by atoms with E-state index in [4.69, 9.17) is 10.2 Å². The van der Waals surface area contributed by atoms with Gasteiger partial charge >= 0.3 is 5.97 Å². The van der Waals surface area contributed by atoms with Gasteiger partial charge in [-0.05, 0) is 13.0 Å². The highest BCUT2D eigenvalue weighted by molar-refractivity contribution is 5.89. The molecule has 0 unspecified atom stereocenters. The van der Waals surface area contributed by atoms with Gasteiger partial charge in [0.2, 0.25) is 0 Å². The van der Waals surface area contributed by atoms with Crippen LogP contribution in [0.15, 0.2) is 10.9 Å². The van der Waals surface area contributed by atoms with Gasteiger partial charge in [-0.3, -0.25) is 4.79 Å². The molecule has 5 heteroatoms. The van der Waals surface area contributed by atoms with Gasteiger partial charge in [0.05, 0.1) is 17.7 Å². The van der Waals surface area contributed by atoms with Crippen LogP contribution in [-0.2, 0) is 13.7 Å². The third-order valence-electron chi connectivity index (χ3n) is 2.16. The third kappa shape index (κ3) is 1.54. The second-order valence-corrected chi connectivity index (χ2v) is 3.01. The van der Waals surface area contributed by atoms with Crippen LogP contribution < -0.4 is 5.56 Å². The van der Waals surface area contributed by atoms with Crippen LogP contribution in [0.1, 0.15) is 21.6 Å². The quantitative estimate of drug-likeness (QED) is 0.693. The third-order valence-corrected chi connectivity index (χ3v) is 2.16. The van der Waals surface area contributed by atoms with Crippen molar-refractivity contribution >= 4 is 5.97 Å². The second-order valence-electron chi connectivity index (χ2n) is 3.01. The Morgan fingerprint density at radius 3 is 2.57 bits per heavy atom. The number of carbonyl (C=O) groups is 1. The molecule has 0 radical (unpaired) electrons. The molecule has 0 fully saturated rings. The molecule has 1 heterocycles. The van der Waals surface area contributed by atoms with Gasteiger partial charge in [0.1, 0.15) is 0 Å². The fourth-order valence-corrected chi connectivity index (χ4v) is 1.21. The van der Waals surface area contributed by atoms with E-state index in [0.717, 1.165) is 0 Å². The van der Waals surface area contributed by atoms with Gasteiger partial charge in [-0.15, -0.1) is 0 Å². The van der Waals surface area contributed by atoms with Crippen LogP contribution in [0.25, 0.3) is 0 Å². The number of pyridine rings is 1. The van der Waals surface area contributed by atoms with Crippen LogP contribution >= 0.6 is 0 Å². The highest BCUT2D eigenvalue weighted by Crippen LogP contribution is 2.06. The first-order valence-corrected chi connectivity index (χ1v) is 4.02. The van der Waals surface area contributed by atoms with Gasteiger partial charge in [0.25, 0.3) is 5.56 Å². The number of rotatable bonds is 2. The molecule has 5 nitrogen and oxygen atoms in total. The molecule has 0 saturated carbocycles. The Labute approximate surface area is 80.2 Å². The Morgan fingerprint density at radius 1 is 1.57 bits per heavy atom. The number of carboxylic acid groups (broad SMARTS) is 1. The van der Waals surface area contributed by atoms with E-state index in [-0.39, 0.29) is 11.1 Å². The summed E-state index contributed by atoms with van der Waals surface area (Å²) < 4.78 is 1.30. The molecule has 0 spiro atoms. The lowest BCUT2D eigenvalue weighted by molar-refractivity contribution is 0.0692. The number of hydrogen-bond donors (Lipinski definition) is 2. The van der Waals surface area contributed by atoms with E-state index in [1.165, 1.54) is 17.7 Å². The van der Waals surface area contributed by atoms with Crippen molar-refractivity contribution in [2.75, 3.05) is 0 Å². The summed E-state index contributed by atoms with van der Waals surface area (Å²) in [6.45, 7) is 1.07. The van der Waals surface area contributed by atoms with Crippen LogP contribution in [-0.4, -0.2) is 20.7 Å². The fraction of sp³-hybridized carbons (Fsp3) is 0.333. The number of hydrogen-bond acceptors (Lipinski definition) is 3. The van der Waals surface area contributed by atoms with Crippen molar-refractivity contribution in [3.8, 4) is 0 Å². The van der Waals surface area contributed by atoms with E-state index < -0.39 is 18.1 Å². The smallest absolute Gasteiger partial charge is 0.336 e. The van der Waals surface area contributed by atoms with Gasteiger partial charge in [-0.1, -0.05) is 0 Å². The van der Waals surface area contributed by atoms with Gasteiger partial charge in [0, 0.05) is 12.7 Å². The standard InChI is InChI=1S/C9H11NO4/c1-5-3-6(9(13)14)7(4-11)8(12)10(5)2/h3,11H,4H2,1-2H3,(H,13,14). The average Bonchev–Trinajstić information content (AvgIpc) is 2.13. The Balaban J connectivity index is 3.60. The number of aliphatic hydroxyl groups is 1. The topological polar surface area (TPSA) is 79.5 Å². The summed E-state index contributed by atoms with van der Waals surface area (Å²) in [6.07, 6.45) is 0. The molecule has 0 atom stereocenters. The minimum atomic E-state index is -1.20. The summed E-state index contributed by atoms with van der Waals surface area (Å²) in [6, 6.07) is 1.37. The summed E-state index contributed by atoms with van der Waals surface area (Å²) in [5.41, 5.74) is -0.131. The van der Waals surface area contributed by atoms with Crippen molar-refractivity contribution in [1.82, 2.24) is 4.57 Å². The molecule has 76 valence electrons. The van der Waals surface area contributed by atoms with Crippen LogP contribution in [0.2, 0.25) is 0 Å². The fourth-order valence-electron chi connectivity index (χ4n) is 1.21. The van der Waals surface area contributed by atoms with E-state index in [0.29, 0.717) is 5.69 Å². The number of aromatic carboxylic acids is 1. The molecule has 14 heavy (non-hydrogen) atoms. The summed E-state index contributed by atoms with van der Waals surface area (Å²) in [7, 11) is 1.53. The first kappa shape index (κ1) is 10.5. The van der Waals surface area contributed by atoms with Crippen molar-refractivity contribution in [1.29, 1.82) is 0 Å². The van der Waals surface area contributed by atoms with Crippen molar-refractivity contribution < 1.29 is 15.0 Å². The van der Waals surface area contributed by atoms with E-state index in [1.54, 1.807) is 6.92 Å². The second kappa shape index (κ2) is 3.63. The highest BCUT2D eigenvalue weighted by atomic mass is 16.4. The molecule has 0 amide bonds. The molecule has 0 aliphatic rings. The van der Waals surface area contributed by atoms with Gasteiger partial charge in [-0.25, -0.2) is 4.79 Å². The summed E-state index contributed by atoms with van der Waals surface area (Å²) in [4.78, 5) is 22.2. The number of aromatic nitrogens is 1. The Bertz CT molecular complexity index is 433. The first-order valence-electron chi connectivity index (χ1n) is 4.02. The average molecular weight is 197 g/mol. The lowest BCUT2D eigenvalue weighted by Crippen LogP contribution is -2.26. The molecule has 0 aliphatic heterocycles. The number of aliphatic hydroxyl groups excluding tert-OH is 1. The SMILES string of the molecule is Cc1cc(C(=O)O)c(CO)c(=O)n1C. The lowest BCUT2D eigenvalue weighted by Gasteiger charge is -2.08. The lowest BCUT2D eigenvalue weighted by atomic mass is 10.1. The maximum Gasteiger partial charge on any atom is 0.336 e. The van der Waals surface area contributed by atoms with E-state index >= 15 is 0 Å². The van der Waals surface area contributed by atoms with Gasteiger partial charge < -0.3 is 14.8 Å². The maximum absolute atomic E-state index is 11.5.